The Balaban J connectivity index is 2.11. The van der Waals surface area contributed by atoms with Crippen molar-refractivity contribution in [1.29, 1.82) is 0 Å². The molecular weight excluding hydrogens is 224 g/mol. The molecule has 1 aliphatic heterocycles. The fourth-order valence-corrected chi connectivity index (χ4v) is 2.47. The molecule has 0 saturated heterocycles. The summed E-state index contributed by atoms with van der Waals surface area (Å²) in [7, 11) is 1.78. The molecule has 0 atom stereocenters. The summed E-state index contributed by atoms with van der Waals surface area (Å²) in [5.74, 6) is 0. The van der Waals surface area contributed by atoms with E-state index >= 15 is 0 Å². The standard InChI is InChI=1S/C15H24N2O/c1-15(2,18-3)9-11-17-10-5-6-12-13(16)7-4-8-14(12)17/h4,7-8H,5-6,9-11,16H2,1-3H3. The lowest BCUT2D eigenvalue weighted by atomic mass is 9.98. The Bertz CT molecular complexity index is 415. The van der Waals surface area contributed by atoms with Gasteiger partial charge < -0.3 is 15.4 Å². The first-order chi connectivity index (χ1) is 8.53. The quantitative estimate of drug-likeness (QED) is 0.833. The number of anilines is 2. The van der Waals surface area contributed by atoms with Crippen molar-refractivity contribution in [3.63, 3.8) is 0 Å². The van der Waals surface area contributed by atoms with E-state index in [9.17, 15) is 0 Å². The van der Waals surface area contributed by atoms with Gasteiger partial charge in [0.1, 0.15) is 0 Å². The van der Waals surface area contributed by atoms with E-state index in [0.717, 1.165) is 31.6 Å². The summed E-state index contributed by atoms with van der Waals surface area (Å²) < 4.78 is 5.49. The molecule has 0 spiro atoms. The molecule has 1 aliphatic rings. The fraction of sp³-hybridized carbons (Fsp3) is 0.600. The second-order valence-corrected chi connectivity index (χ2v) is 5.65. The highest BCUT2D eigenvalue weighted by atomic mass is 16.5. The molecule has 0 bridgehead atoms. The second-order valence-electron chi connectivity index (χ2n) is 5.65. The monoisotopic (exact) mass is 248 g/mol. The second kappa shape index (κ2) is 5.19. The van der Waals surface area contributed by atoms with Gasteiger partial charge in [0.05, 0.1) is 5.60 Å². The van der Waals surface area contributed by atoms with Gasteiger partial charge in [0, 0.05) is 31.6 Å². The Morgan fingerprint density at radius 2 is 2.17 bits per heavy atom. The molecule has 18 heavy (non-hydrogen) atoms. The molecule has 2 rings (SSSR count). The van der Waals surface area contributed by atoms with Crippen molar-refractivity contribution >= 4 is 11.4 Å². The molecule has 1 aromatic rings. The van der Waals surface area contributed by atoms with E-state index in [4.69, 9.17) is 10.5 Å². The van der Waals surface area contributed by atoms with E-state index in [1.807, 2.05) is 12.1 Å². The molecule has 0 unspecified atom stereocenters. The maximum atomic E-state index is 6.06. The number of fused-ring (bicyclic) bond motifs is 1. The third-order valence-corrected chi connectivity index (χ3v) is 3.92. The lowest BCUT2D eigenvalue weighted by molar-refractivity contribution is 0.0172. The Morgan fingerprint density at radius 3 is 2.89 bits per heavy atom. The van der Waals surface area contributed by atoms with Crippen LogP contribution in [-0.4, -0.2) is 25.8 Å². The van der Waals surface area contributed by atoms with Crippen molar-refractivity contribution in [2.75, 3.05) is 30.8 Å². The zero-order chi connectivity index (χ0) is 13.2. The highest BCUT2D eigenvalue weighted by Crippen LogP contribution is 2.31. The third kappa shape index (κ3) is 2.78. The zero-order valence-electron chi connectivity index (χ0n) is 11.7. The topological polar surface area (TPSA) is 38.5 Å². The predicted octanol–water partition coefficient (Wildman–Crippen LogP) is 2.84. The Kier molecular flexibility index (Phi) is 3.81. The molecule has 0 aromatic heterocycles. The highest BCUT2D eigenvalue weighted by molar-refractivity contribution is 5.66. The van der Waals surface area contributed by atoms with Gasteiger partial charge in [0.2, 0.25) is 0 Å². The number of methoxy groups -OCH3 is 1. The fourth-order valence-electron chi connectivity index (χ4n) is 2.47. The number of nitrogens with two attached hydrogens (primary N) is 1. The summed E-state index contributed by atoms with van der Waals surface area (Å²) in [5.41, 5.74) is 9.57. The summed E-state index contributed by atoms with van der Waals surface area (Å²) >= 11 is 0. The summed E-state index contributed by atoms with van der Waals surface area (Å²) in [5, 5.41) is 0. The van der Waals surface area contributed by atoms with Crippen LogP contribution in [0.25, 0.3) is 0 Å². The lowest BCUT2D eigenvalue weighted by Crippen LogP contribution is -2.35. The summed E-state index contributed by atoms with van der Waals surface area (Å²) in [4.78, 5) is 2.44. The summed E-state index contributed by atoms with van der Waals surface area (Å²) in [6.07, 6.45) is 3.32. The molecule has 3 nitrogen and oxygen atoms in total. The first-order valence-corrected chi connectivity index (χ1v) is 6.71. The minimum atomic E-state index is -0.0576. The van der Waals surface area contributed by atoms with Crippen LogP contribution in [0.5, 0.6) is 0 Å². The van der Waals surface area contributed by atoms with E-state index in [1.54, 1.807) is 7.11 Å². The van der Waals surface area contributed by atoms with Crippen LogP contribution in [0.2, 0.25) is 0 Å². The molecular formula is C15H24N2O. The number of nitrogen functional groups attached to an aromatic ring is 1. The van der Waals surface area contributed by atoms with Gasteiger partial charge >= 0.3 is 0 Å². The number of rotatable bonds is 4. The van der Waals surface area contributed by atoms with Crippen molar-refractivity contribution in [2.45, 2.75) is 38.7 Å². The van der Waals surface area contributed by atoms with Gasteiger partial charge in [-0.15, -0.1) is 0 Å². The number of hydrogen-bond donors (Lipinski definition) is 1. The van der Waals surface area contributed by atoms with Gasteiger partial charge in [-0.05, 0) is 50.8 Å². The molecule has 0 aliphatic carbocycles. The average Bonchev–Trinajstić information content (AvgIpc) is 2.37. The van der Waals surface area contributed by atoms with Crippen LogP contribution < -0.4 is 10.6 Å². The first-order valence-electron chi connectivity index (χ1n) is 6.71. The van der Waals surface area contributed by atoms with Gasteiger partial charge in [-0.25, -0.2) is 0 Å². The van der Waals surface area contributed by atoms with Crippen molar-refractivity contribution < 1.29 is 4.74 Å². The van der Waals surface area contributed by atoms with Crippen LogP contribution in [0, 0.1) is 0 Å². The van der Waals surface area contributed by atoms with Gasteiger partial charge in [0.25, 0.3) is 0 Å². The Labute approximate surface area is 110 Å². The van der Waals surface area contributed by atoms with Crippen LogP contribution in [-0.2, 0) is 11.2 Å². The molecule has 0 radical (unpaired) electrons. The molecule has 0 amide bonds. The van der Waals surface area contributed by atoms with Gasteiger partial charge in [-0.1, -0.05) is 6.07 Å². The van der Waals surface area contributed by atoms with Crippen LogP contribution in [0.3, 0.4) is 0 Å². The molecule has 1 heterocycles. The maximum Gasteiger partial charge on any atom is 0.0639 e. The van der Waals surface area contributed by atoms with Crippen molar-refractivity contribution in [1.82, 2.24) is 0 Å². The SMILES string of the molecule is COC(C)(C)CCN1CCCc2c(N)cccc21. The minimum Gasteiger partial charge on any atom is -0.398 e. The predicted molar refractivity (Wildman–Crippen MR) is 77.1 cm³/mol. The summed E-state index contributed by atoms with van der Waals surface area (Å²) in [6.45, 7) is 6.42. The normalized spacial score (nSPS) is 15.6. The van der Waals surface area contributed by atoms with Gasteiger partial charge in [-0.3, -0.25) is 0 Å². The Hall–Kier alpha value is -1.22. The number of benzene rings is 1. The molecule has 1 aromatic carbocycles. The van der Waals surface area contributed by atoms with Crippen LogP contribution in [0.1, 0.15) is 32.3 Å². The smallest absolute Gasteiger partial charge is 0.0639 e. The molecule has 0 fully saturated rings. The lowest BCUT2D eigenvalue weighted by Gasteiger charge is -2.34. The van der Waals surface area contributed by atoms with Gasteiger partial charge in [0.15, 0.2) is 0 Å². The molecule has 3 heteroatoms. The number of hydrogen-bond acceptors (Lipinski definition) is 3. The minimum absolute atomic E-state index is 0.0576. The average molecular weight is 248 g/mol. The molecule has 100 valence electrons. The van der Waals surface area contributed by atoms with Crippen molar-refractivity contribution in [3.05, 3.63) is 23.8 Å². The largest absolute Gasteiger partial charge is 0.398 e. The Morgan fingerprint density at radius 1 is 1.39 bits per heavy atom. The van der Waals surface area contributed by atoms with E-state index in [-0.39, 0.29) is 5.60 Å². The summed E-state index contributed by atoms with van der Waals surface area (Å²) in [6, 6.07) is 6.24. The van der Waals surface area contributed by atoms with E-state index < -0.39 is 0 Å². The van der Waals surface area contributed by atoms with E-state index in [2.05, 4.69) is 24.8 Å². The zero-order valence-corrected chi connectivity index (χ0v) is 11.7. The van der Waals surface area contributed by atoms with Crippen molar-refractivity contribution in [3.8, 4) is 0 Å². The molecule has 0 saturated carbocycles. The highest BCUT2D eigenvalue weighted by Gasteiger charge is 2.22. The van der Waals surface area contributed by atoms with Crippen LogP contribution in [0.15, 0.2) is 18.2 Å². The number of nitrogens with zero attached hydrogens (tertiary/aromatic N) is 1. The molecule has 2 N–H and O–H groups in total. The maximum absolute atomic E-state index is 6.06. The van der Waals surface area contributed by atoms with Crippen molar-refractivity contribution in [2.24, 2.45) is 0 Å². The number of ether oxygens (including phenoxy) is 1. The first kappa shape index (κ1) is 13.2. The third-order valence-electron chi connectivity index (χ3n) is 3.92. The van der Waals surface area contributed by atoms with Gasteiger partial charge in [-0.2, -0.15) is 0 Å². The van der Waals surface area contributed by atoms with E-state index in [1.165, 1.54) is 17.7 Å². The van der Waals surface area contributed by atoms with Crippen LogP contribution in [0.4, 0.5) is 11.4 Å². The van der Waals surface area contributed by atoms with Crippen LogP contribution >= 0.6 is 0 Å². The van der Waals surface area contributed by atoms with E-state index in [0.29, 0.717) is 0 Å².